The first-order valence-corrected chi connectivity index (χ1v) is 8.89. The molecule has 7 heteroatoms. The predicted octanol–water partition coefficient (Wildman–Crippen LogP) is 2.63. The van der Waals surface area contributed by atoms with E-state index in [9.17, 15) is 13.8 Å². The van der Waals surface area contributed by atoms with E-state index in [4.69, 9.17) is 4.74 Å². The third kappa shape index (κ3) is 3.46. The Labute approximate surface area is 141 Å². The molecule has 24 heavy (non-hydrogen) atoms. The van der Waals surface area contributed by atoms with E-state index in [0.717, 1.165) is 0 Å². The van der Waals surface area contributed by atoms with E-state index < -0.39 is 10.8 Å². The lowest BCUT2D eigenvalue weighted by molar-refractivity contribution is 0.102. The van der Waals surface area contributed by atoms with Crippen LogP contribution in [0.15, 0.2) is 53.4 Å². The fourth-order valence-electron chi connectivity index (χ4n) is 2.38. The number of rotatable bonds is 4. The largest absolute Gasteiger partial charge is 0.447 e. The minimum absolute atomic E-state index is 0.274. The molecular weight excluding hydrogens is 328 g/mol. The van der Waals surface area contributed by atoms with Gasteiger partial charge in [-0.25, -0.2) is 4.79 Å². The Balaban J connectivity index is 1.74. The van der Waals surface area contributed by atoms with Crippen molar-refractivity contribution in [3.05, 3.63) is 54.1 Å². The van der Waals surface area contributed by atoms with Gasteiger partial charge < -0.3 is 10.1 Å². The molecular formula is C17H16N2O4S. The van der Waals surface area contributed by atoms with Gasteiger partial charge >= 0.3 is 6.09 Å². The molecule has 0 bridgehead atoms. The third-order valence-corrected chi connectivity index (χ3v) is 4.56. The number of carbonyl (C=O) groups excluding carboxylic acids is 2. The van der Waals surface area contributed by atoms with Gasteiger partial charge in [0.15, 0.2) is 0 Å². The number of nitrogens with one attached hydrogen (secondary N) is 1. The van der Waals surface area contributed by atoms with Gasteiger partial charge in [0.2, 0.25) is 0 Å². The summed E-state index contributed by atoms with van der Waals surface area (Å²) in [6.45, 7) is 0.854. The summed E-state index contributed by atoms with van der Waals surface area (Å²) in [5, 5.41) is 2.79. The van der Waals surface area contributed by atoms with Gasteiger partial charge in [-0.1, -0.05) is 6.07 Å². The smallest absolute Gasteiger partial charge is 0.414 e. The highest BCUT2D eigenvalue weighted by molar-refractivity contribution is 7.84. The second kappa shape index (κ2) is 6.84. The molecule has 2 aromatic rings. The molecule has 1 heterocycles. The minimum atomic E-state index is -1.08. The van der Waals surface area contributed by atoms with Gasteiger partial charge in [-0.2, -0.15) is 0 Å². The van der Waals surface area contributed by atoms with Gasteiger partial charge in [0, 0.05) is 38.9 Å². The van der Waals surface area contributed by atoms with Crippen LogP contribution in [-0.2, 0) is 15.5 Å². The predicted molar refractivity (Wildman–Crippen MR) is 91.9 cm³/mol. The summed E-state index contributed by atoms with van der Waals surface area (Å²) >= 11 is 0. The molecule has 0 aromatic heterocycles. The van der Waals surface area contributed by atoms with Crippen LogP contribution in [0.25, 0.3) is 0 Å². The Morgan fingerprint density at radius 3 is 2.58 bits per heavy atom. The molecule has 0 aliphatic carbocycles. The van der Waals surface area contributed by atoms with E-state index in [1.165, 1.54) is 4.90 Å². The number of hydrogen-bond donors (Lipinski definition) is 1. The minimum Gasteiger partial charge on any atom is -0.447 e. The molecule has 0 radical (unpaired) electrons. The van der Waals surface area contributed by atoms with E-state index in [1.807, 2.05) is 0 Å². The topological polar surface area (TPSA) is 75.7 Å². The van der Waals surface area contributed by atoms with Crippen molar-refractivity contribution in [3.63, 3.8) is 0 Å². The van der Waals surface area contributed by atoms with Gasteiger partial charge in [-0.3, -0.25) is 13.9 Å². The maximum Gasteiger partial charge on any atom is 0.414 e. The van der Waals surface area contributed by atoms with E-state index in [0.29, 0.717) is 35.0 Å². The molecule has 1 aliphatic heterocycles. The van der Waals surface area contributed by atoms with Gasteiger partial charge in [0.25, 0.3) is 5.91 Å². The Morgan fingerprint density at radius 1 is 1.21 bits per heavy atom. The molecule has 1 saturated heterocycles. The van der Waals surface area contributed by atoms with E-state index in [2.05, 4.69) is 5.32 Å². The number of carbonyl (C=O) groups is 2. The maximum absolute atomic E-state index is 12.3. The van der Waals surface area contributed by atoms with Crippen LogP contribution in [0, 0.1) is 0 Å². The Bertz CT molecular complexity index is 804. The molecule has 0 spiro atoms. The number of benzene rings is 2. The second-order valence-electron chi connectivity index (χ2n) is 5.25. The molecule has 1 aliphatic rings. The summed E-state index contributed by atoms with van der Waals surface area (Å²) < 4.78 is 16.3. The van der Waals surface area contributed by atoms with Crippen LogP contribution in [0.5, 0.6) is 0 Å². The first-order valence-electron chi connectivity index (χ1n) is 7.34. The van der Waals surface area contributed by atoms with Crippen molar-refractivity contribution in [2.24, 2.45) is 0 Å². The highest BCUT2D eigenvalue weighted by Crippen LogP contribution is 2.23. The monoisotopic (exact) mass is 344 g/mol. The van der Waals surface area contributed by atoms with E-state index >= 15 is 0 Å². The fourth-order valence-corrected chi connectivity index (χ4v) is 2.90. The molecule has 1 atom stereocenters. The average molecular weight is 344 g/mol. The standard InChI is InChI=1S/C17H16N2O4S/c1-24(22)15-7-5-12(6-8-15)16(20)18-13-3-2-4-14(11-13)19-9-10-23-17(19)21/h2-8,11H,9-10H2,1H3,(H,18,20). The summed E-state index contributed by atoms with van der Waals surface area (Å²) in [5.74, 6) is -0.274. The molecule has 2 amide bonds. The SMILES string of the molecule is CS(=O)c1ccc(C(=O)Nc2cccc(N3CCOC3=O)c2)cc1. The van der Waals surface area contributed by atoms with Crippen LogP contribution in [0.3, 0.4) is 0 Å². The average Bonchev–Trinajstić information content (AvgIpc) is 3.01. The number of amides is 2. The normalized spacial score (nSPS) is 15.0. The molecule has 0 saturated carbocycles. The molecule has 6 nitrogen and oxygen atoms in total. The number of cyclic esters (lactones) is 1. The van der Waals surface area contributed by atoms with Crippen molar-refractivity contribution in [3.8, 4) is 0 Å². The first-order chi connectivity index (χ1) is 11.5. The lowest BCUT2D eigenvalue weighted by atomic mass is 10.2. The van der Waals surface area contributed by atoms with Crippen LogP contribution >= 0.6 is 0 Å². The van der Waals surface area contributed by atoms with Gasteiger partial charge in [0.05, 0.1) is 6.54 Å². The van der Waals surface area contributed by atoms with Crippen molar-refractivity contribution < 1.29 is 18.5 Å². The summed E-state index contributed by atoms with van der Waals surface area (Å²) in [7, 11) is -1.08. The lowest BCUT2D eigenvalue weighted by Crippen LogP contribution is -2.23. The Kier molecular flexibility index (Phi) is 4.61. The Morgan fingerprint density at radius 2 is 1.96 bits per heavy atom. The van der Waals surface area contributed by atoms with E-state index in [-0.39, 0.29) is 12.0 Å². The molecule has 3 rings (SSSR count). The fraction of sp³-hybridized carbons (Fsp3) is 0.176. The summed E-state index contributed by atoms with van der Waals surface area (Å²) in [4.78, 5) is 26.1. The van der Waals surface area contributed by atoms with Crippen molar-refractivity contribution in [2.75, 3.05) is 29.6 Å². The second-order valence-corrected chi connectivity index (χ2v) is 6.63. The number of anilines is 2. The zero-order valence-electron chi connectivity index (χ0n) is 13.0. The molecule has 1 unspecified atom stereocenters. The highest BCUT2D eigenvalue weighted by atomic mass is 32.2. The van der Waals surface area contributed by atoms with Gasteiger partial charge in [-0.15, -0.1) is 0 Å². The van der Waals surface area contributed by atoms with Crippen molar-refractivity contribution >= 4 is 34.2 Å². The van der Waals surface area contributed by atoms with Crippen LogP contribution in [0.2, 0.25) is 0 Å². The Hall–Kier alpha value is -2.67. The maximum atomic E-state index is 12.3. The van der Waals surface area contributed by atoms with Crippen LogP contribution in [0.4, 0.5) is 16.2 Å². The van der Waals surface area contributed by atoms with Crippen molar-refractivity contribution in [2.45, 2.75) is 4.90 Å². The lowest BCUT2D eigenvalue weighted by Gasteiger charge is -2.14. The quantitative estimate of drug-likeness (QED) is 0.925. The summed E-state index contributed by atoms with van der Waals surface area (Å²) in [5.41, 5.74) is 1.72. The molecule has 2 aromatic carbocycles. The van der Waals surface area contributed by atoms with Crippen LogP contribution < -0.4 is 10.2 Å². The highest BCUT2D eigenvalue weighted by Gasteiger charge is 2.23. The number of hydrogen-bond acceptors (Lipinski definition) is 4. The summed E-state index contributed by atoms with van der Waals surface area (Å²) in [6, 6.07) is 13.6. The molecule has 1 fully saturated rings. The first kappa shape index (κ1) is 16.2. The molecule has 124 valence electrons. The van der Waals surface area contributed by atoms with Gasteiger partial charge in [-0.05, 0) is 42.5 Å². The number of ether oxygens (including phenoxy) is 1. The molecule has 1 N–H and O–H groups in total. The number of nitrogens with zero attached hydrogens (tertiary/aromatic N) is 1. The van der Waals surface area contributed by atoms with Crippen molar-refractivity contribution in [1.29, 1.82) is 0 Å². The van der Waals surface area contributed by atoms with E-state index in [1.54, 1.807) is 54.8 Å². The zero-order valence-corrected chi connectivity index (χ0v) is 13.8. The third-order valence-electron chi connectivity index (χ3n) is 3.62. The zero-order chi connectivity index (χ0) is 17.1. The van der Waals surface area contributed by atoms with Crippen molar-refractivity contribution in [1.82, 2.24) is 0 Å². The van der Waals surface area contributed by atoms with Gasteiger partial charge in [0.1, 0.15) is 6.61 Å². The summed E-state index contributed by atoms with van der Waals surface area (Å²) in [6.07, 6.45) is 1.20. The van der Waals surface area contributed by atoms with Crippen LogP contribution in [0.1, 0.15) is 10.4 Å². The van der Waals surface area contributed by atoms with Crippen LogP contribution in [-0.4, -0.2) is 35.6 Å².